The molecule has 17 nitrogen and oxygen atoms in total. The van der Waals surface area contributed by atoms with Crippen molar-refractivity contribution in [3.63, 3.8) is 0 Å². The number of carboxylic acids is 1. The van der Waals surface area contributed by atoms with Crippen molar-refractivity contribution in [2.45, 2.75) is 38.0 Å². The number of aliphatic carboxylic acids is 1. The van der Waals surface area contributed by atoms with Gasteiger partial charge < -0.3 is 47.0 Å². The van der Waals surface area contributed by atoms with E-state index >= 15 is 0 Å². The number of aromatic hydroxyl groups is 1. The summed E-state index contributed by atoms with van der Waals surface area (Å²) in [6.45, 7) is 2.42. The Labute approximate surface area is 257 Å². The van der Waals surface area contributed by atoms with Crippen LogP contribution in [0, 0.1) is 0 Å². The lowest BCUT2D eigenvalue weighted by atomic mass is 9.98. The van der Waals surface area contributed by atoms with Crippen LogP contribution < -0.4 is 32.4 Å². The average molecular weight is 641 g/mol. The van der Waals surface area contributed by atoms with E-state index in [9.17, 15) is 39.0 Å². The van der Waals surface area contributed by atoms with Gasteiger partial charge in [-0.05, 0) is 31.5 Å². The molecule has 0 radical (unpaired) electrons. The van der Waals surface area contributed by atoms with E-state index in [1.54, 1.807) is 24.3 Å². The lowest BCUT2D eigenvalue weighted by molar-refractivity contribution is -0.161. The van der Waals surface area contributed by atoms with E-state index in [2.05, 4.69) is 36.4 Å². The molecule has 3 heterocycles. The fourth-order valence-electron chi connectivity index (χ4n) is 3.81. The number of nitrogens with zero attached hydrogens (tertiary/aromatic N) is 2. The number of anilines is 2. The molecule has 0 bridgehead atoms. The number of H-pyrrole nitrogens is 1. The third-order valence-corrected chi connectivity index (χ3v) is 7.04. The Morgan fingerprint density at radius 3 is 2.60 bits per heavy atom. The number of amides is 4. The number of pyridine rings is 1. The number of aromatic amines is 1. The topological polar surface area (TPSA) is 267 Å². The normalized spacial score (nSPS) is 16.1. The number of β-lactam (4-membered cyclic amide) rings is 1. The zero-order valence-corrected chi connectivity index (χ0v) is 24.6. The monoisotopic (exact) mass is 640 g/mol. The van der Waals surface area contributed by atoms with Gasteiger partial charge in [0, 0.05) is 29.9 Å². The van der Waals surface area contributed by atoms with Crippen LogP contribution in [0.2, 0.25) is 0 Å². The quantitative estimate of drug-likeness (QED) is 0.0696. The molecule has 1 aromatic carbocycles. The highest BCUT2D eigenvalue weighted by atomic mass is 32.1. The van der Waals surface area contributed by atoms with Gasteiger partial charge in [0.1, 0.15) is 17.4 Å². The minimum atomic E-state index is -1.77. The van der Waals surface area contributed by atoms with E-state index in [1.807, 2.05) is 0 Å². The number of nitrogens with two attached hydrogens (primary N) is 1. The van der Waals surface area contributed by atoms with E-state index in [0.29, 0.717) is 11.3 Å². The third-order valence-electron chi connectivity index (χ3n) is 6.36. The molecule has 0 saturated carbocycles. The van der Waals surface area contributed by atoms with Gasteiger partial charge in [-0.25, -0.2) is 9.78 Å². The molecule has 0 spiro atoms. The number of hydrogen-bond donors (Lipinski definition) is 8. The van der Waals surface area contributed by atoms with Gasteiger partial charge in [0.25, 0.3) is 11.8 Å². The molecule has 236 valence electrons. The van der Waals surface area contributed by atoms with Crippen LogP contribution in [-0.4, -0.2) is 79.7 Å². The first kappa shape index (κ1) is 32.1. The Bertz CT molecular complexity index is 1750. The number of benzene rings is 1. The van der Waals surface area contributed by atoms with Crippen molar-refractivity contribution in [2.75, 3.05) is 17.6 Å². The second kappa shape index (κ2) is 13.2. The summed E-state index contributed by atoms with van der Waals surface area (Å²) in [7, 11) is 0. The smallest absolute Gasteiger partial charge is 0.350 e. The molecule has 2 atom stereocenters. The Kier molecular flexibility index (Phi) is 9.46. The van der Waals surface area contributed by atoms with Crippen LogP contribution in [0.4, 0.5) is 10.8 Å². The number of aromatic nitrogens is 2. The van der Waals surface area contributed by atoms with Gasteiger partial charge in [-0.1, -0.05) is 17.3 Å². The van der Waals surface area contributed by atoms with Gasteiger partial charge in [-0.2, -0.15) is 0 Å². The molecule has 2 aromatic heterocycles. The Hall–Kier alpha value is -5.78. The lowest BCUT2D eigenvalue weighted by Crippen LogP contribution is -2.72. The Morgan fingerprint density at radius 1 is 1.20 bits per heavy atom. The molecule has 4 amide bonds. The largest absolute Gasteiger partial charge is 0.503 e. The molecule has 45 heavy (non-hydrogen) atoms. The third kappa shape index (κ3) is 7.99. The number of nitrogen functional groups attached to an aromatic ring is 1. The maximum absolute atomic E-state index is 13.1. The van der Waals surface area contributed by atoms with Gasteiger partial charge in [0.2, 0.25) is 22.8 Å². The first-order chi connectivity index (χ1) is 21.2. The molecule has 9 N–H and O–H groups in total. The number of carbonyl (C=O) groups excluding carboxylic acids is 4. The van der Waals surface area contributed by atoms with Crippen molar-refractivity contribution in [2.24, 2.45) is 5.16 Å². The number of rotatable bonds is 12. The van der Waals surface area contributed by atoms with Gasteiger partial charge in [0.05, 0.1) is 12.5 Å². The van der Waals surface area contributed by atoms with Crippen molar-refractivity contribution in [1.82, 2.24) is 25.9 Å². The van der Waals surface area contributed by atoms with Crippen molar-refractivity contribution in [1.29, 1.82) is 0 Å². The molecule has 4 rings (SSSR count). The molecule has 0 aliphatic carbocycles. The minimum absolute atomic E-state index is 0.00976. The van der Waals surface area contributed by atoms with Crippen molar-refractivity contribution < 1.29 is 39.0 Å². The minimum Gasteiger partial charge on any atom is -0.503 e. The summed E-state index contributed by atoms with van der Waals surface area (Å²) in [5.41, 5.74) is 3.59. The Balaban J connectivity index is 1.34. The van der Waals surface area contributed by atoms with E-state index in [0.717, 1.165) is 23.6 Å². The van der Waals surface area contributed by atoms with Gasteiger partial charge in [-0.15, -0.1) is 11.3 Å². The summed E-state index contributed by atoms with van der Waals surface area (Å²) in [5, 5.41) is 34.2. The van der Waals surface area contributed by atoms with Gasteiger partial charge in [0.15, 0.2) is 16.6 Å². The molecule has 1 aliphatic rings. The van der Waals surface area contributed by atoms with Crippen LogP contribution in [0.15, 0.2) is 51.9 Å². The predicted octanol–water partition coefficient (Wildman–Crippen LogP) is -0.702. The highest BCUT2D eigenvalue weighted by Gasteiger charge is 2.41. The Morgan fingerprint density at radius 2 is 1.96 bits per heavy atom. The van der Waals surface area contributed by atoms with Crippen molar-refractivity contribution in [3.05, 3.63) is 69.1 Å². The average Bonchev–Trinajstić information content (AvgIpc) is 3.41. The fourth-order valence-corrected chi connectivity index (χ4v) is 4.36. The zero-order chi connectivity index (χ0) is 32.9. The number of carbonyl (C=O) groups is 5. The summed E-state index contributed by atoms with van der Waals surface area (Å²) in [4.78, 5) is 85.0. The second-order valence-electron chi connectivity index (χ2n) is 10.2. The number of hydrogen-bond acceptors (Lipinski definition) is 12. The molecule has 1 saturated heterocycles. The molecule has 1 fully saturated rings. The summed E-state index contributed by atoms with van der Waals surface area (Å²) in [5.74, 6) is -4.32. The van der Waals surface area contributed by atoms with Crippen LogP contribution in [0.3, 0.4) is 0 Å². The summed E-state index contributed by atoms with van der Waals surface area (Å²) < 4.78 is 0. The molecule has 2 unspecified atom stereocenters. The van der Waals surface area contributed by atoms with E-state index in [1.165, 1.54) is 19.2 Å². The molecular formula is C27H28N8O9S. The predicted molar refractivity (Wildman–Crippen MR) is 160 cm³/mol. The van der Waals surface area contributed by atoms with E-state index < -0.39 is 64.2 Å². The van der Waals surface area contributed by atoms with E-state index in [-0.39, 0.29) is 29.5 Å². The number of nitrogens with one attached hydrogen (secondary N) is 5. The highest BCUT2D eigenvalue weighted by Crippen LogP contribution is 2.17. The van der Waals surface area contributed by atoms with Crippen LogP contribution in [-0.2, 0) is 30.4 Å². The summed E-state index contributed by atoms with van der Waals surface area (Å²) >= 11 is 1.01. The molecule has 1 aliphatic heterocycles. The van der Waals surface area contributed by atoms with Gasteiger partial charge >= 0.3 is 5.97 Å². The fraction of sp³-hybridized carbons (Fsp3) is 0.259. The molecule has 3 aromatic rings. The second-order valence-corrected chi connectivity index (χ2v) is 11.1. The van der Waals surface area contributed by atoms with Crippen molar-refractivity contribution in [3.8, 4) is 5.75 Å². The molecule has 18 heteroatoms. The first-order valence-electron chi connectivity index (χ1n) is 13.1. The standard InChI is InChI=1S/C27H28N8O9S/c1-27(2,25(42)43)44-35-21(16-11-45-26(28)33-16)24(41)34-20-15(32-23(20)40)9-30-19(38)7-12-4-3-5-13(6-12)31-22(39)14-8-17(36)18(37)10-29-14/h3-6,8,10-11,15,20,37H,7,9H2,1-2H3,(H2,28,33)(H,29,36)(H,30,38)(H,31,39)(H,32,40)(H,34,41)(H,42,43). The SMILES string of the molecule is CC(C)(ON=C(C(=O)NC1C(=O)NC1CNC(=O)Cc1cccc(NC(=O)c2cc(=O)c(O)c[nH]2)c1)c1csc(N)n1)C(=O)O. The van der Waals surface area contributed by atoms with E-state index in [4.69, 9.17) is 10.6 Å². The lowest BCUT2D eigenvalue weighted by Gasteiger charge is -2.37. The molecular weight excluding hydrogens is 612 g/mol. The zero-order valence-electron chi connectivity index (χ0n) is 23.7. The number of carboxylic acid groups (broad SMARTS) is 1. The summed E-state index contributed by atoms with van der Waals surface area (Å²) in [6.07, 6.45) is 0.913. The first-order valence-corrected chi connectivity index (χ1v) is 14.0. The van der Waals surface area contributed by atoms with Crippen molar-refractivity contribution >= 4 is 57.5 Å². The van der Waals surface area contributed by atoms with Gasteiger partial charge in [-0.3, -0.25) is 24.0 Å². The number of oxime groups is 1. The summed E-state index contributed by atoms with van der Waals surface area (Å²) in [6, 6.07) is 5.63. The van der Waals surface area contributed by atoms with Crippen LogP contribution in [0.25, 0.3) is 0 Å². The highest BCUT2D eigenvalue weighted by molar-refractivity contribution is 7.13. The van der Waals surface area contributed by atoms with Crippen LogP contribution >= 0.6 is 11.3 Å². The van der Waals surface area contributed by atoms with Crippen LogP contribution in [0.1, 0.15) is 35.6 Å². The maximum Gasteiger partial charge on any atom is 0.350 e. The maximum atomic E-state index is 13.1. The van der Waals surface area contributed by atoms with Crippen LogP contribution in [0.5, 0.6) is 5.75 Å². The number of thiazole rings is 1.